The van der Waals surface area contributed by atoms with Crippen molar-refractivity contribution in [3.8, 4) is 0 Å². The van der Waals surface area contributed by atoms with Gasteiger partial charge in [0.2, 0.25) is 17.7 Å². The number of aromatic nitrogens is 2. The molecule has 2 aliphatic heterocycles. The highest BCUT2D eigenvalue weighted by Crippen LogP contribution is 2.50. The number of carbonyl (C=O) groups is 4. The summed E-state index contributed by atoms with van der Waals surface area (Å²) in [6, 6.07) is 4.76. The number of pyridine rings is 1. The van der Waals surface area contributed by atoms with Crippen LogP contribution in [0.1, 0.15) is 91.8 Å². The van der Waals surface area contributed by atoms with Crippen LogP contribution in [0.3, 0.4) is 0 Å². The molecule has 10 nitrogen and oxygen atoms in total. The zero-order valence-electron chi connectivity index (χ0n) is 25.3. The number of nitrogens with one attached hydrogen (secondary N) is 2. The van der Waals surface area contributed by atoms with Gasteiger partial charge in [0.15, 0.2) is 6.04 Å². The number of hydrogen-bond donors (Lipinski definition) is 2. The molecule has 1 spiro atoms. The van der Waals surface area contributed by atoms with E-state index in [9.17, 15) is 19.2 Å². The van der Waals surface area contributed by atoms with Crippen LogP contribution in [-0.2, 0) is 14.4 Å². The van der Waals surface area contributed by atoms with Crippen molar-refractivity contribution in [3.05, 3.63) is 46.2 Å². The minimum atomic E-state index is -0.962. The average molecular weight is 607 g/mol. The molecule has 2 aliphatic carbocycles. The molecule has 230 valence electrons. The van der Waals surface area contributed by atoms with Crippen molar-refractivity contribution in [2.24, 2.45) is 22.7 Å². The number of likely N-dealkylation sites (N-methyl/N-ethyl adjacent to an activating group) is 1. The average Bonchev–Trinajstić information content (AvgIpc) is 3.58. The van der Waals surface area contributed by atoms with Crippen LogP contribution in [0.2, 0.25) is 0 Å². The second-order valence-corrected chi connectivity index (χ2v) is 14.4. The Hall–Kier alpha value is -3.34. The van der Waals surface area contributed by atoms with Crippen molar-refractivity contribution >= 4 is 35.0 Å². The lowest BCUT2D eigenvalue weighted by atomic mass is 9.69. The van der Waals surface area contributed by atoms with Gasteiger partial charge in [0.05, 0.1) is 23.3 Å². The summed E-state index contributed by atoms with van der Waals surface area (Å²) in [7, 11) is 1.55. The fourth-order valence-electron chi connectivity index (χ4n) is 7.44. The van der Waals surface area contributed by atoms with E-state index in [1.54, 1.807) is 29.7 Å². The van der Waals surface area contributed by atoms with Gasteiger partial charge in [0.1, 0.15) is 4.88 Å². The van der Waals surface area contributed by atoms with Crippen molar-refractivity contribution in [1.82, 2.24) is 30.4 Å². The Bertz CT molecular complexity index is 1380. The van der Waals surface area contributed by atoms with Gasteiger partial charge in [-0.1, -0.05) is 39.2 Å². The van der Waals surface area contributed by atoms with E-state index in [0.29, 0.717) is 42.0 Å². The monoisotopic (exact) mass is 606 g/mol. The summed E-state index contributed by atoms with van der Waals surface area (Å²) in [5.41, 5.74) is 2.08. The first kappa shape index (κ1) is 29.7. The number of nitrogens with zero attached hydrogens (tertiary/aromatic N) is 4. The Kier molecular flexibility index (Phi) is 8.04. The molecule has 6 rings (SSSR count). The van der Waals surface area contributed by atoms with Crippen LogP contribution in [0.5, 0.6) is 0 Å². The summed E-state index contributed by atoms with van der Waals surface area (Å²) in [6.07, 6.45) is 9.42. The minimum absolute atomic E-state index is 0.110. The van der Waals surface area contributed by atoms with Crippen LogP contribution in [0, 0.1) is 22.7 Å². The predicted octanol–water partition coefficient (Wildman–Crippen LogP) is 3.53. The summed E-state index contributed by atoms with van der Waals surface area (Å²) in [6.45, 7) is 5.43. The molecule has 11 heteroatoms. The Labute approximate surface area is 257 Å². The maximum atomic E-state index is 14.1. The van der Waals surface area contributed by atoms with Gasteiger partial charge in [-0.15, -0.1) is 11.3 Å². The highest BCUT2D eigenvalue weighted by molar-refractivity contribution is 7.11. The number of rotatable bonds is 8. The molecular weight excluding hydrogens is 564 g/mol. The largest absolute Gasteiger partial charge is 0.357 e. The molecule has 2 aromatic rings. The van der Waals surface area contributed by atoms with E-state index in [-0.39, 0.29) is 30.2 Å². The highest BCUT2D eigenvalue weighted by atomic mass is 32.1. The minimum Gasteiger partial charge on any atom is -0.357 e. The molecule has 0 radical (unpaired) electrons. The summed E-state index contributed by atoms with van der Waals surface area (Å²) >= 11 is 1.27. The second-order valence-electron chi connectivity index (χ2n) is 13.5. The summed E-state index contributed by atoms with van der Waals surface area (Å²) < 4.78 is 0. The smallest absolute Gasteiger partial charge is 0.265 e. The maximum Gasteiger partial charge on any atom is 0.265 e. The van der Waals surface area contributed by atoms with E-state index < -0.39 is 22.8 Å². The molecule has 2 saturated carbocycles. The molecular formula is C32H42N6O4S. The van der Waals surface area contributed by atoms with Crippen molar-refractivity contribution in [2.45, 2.75) is 70.8 Å². The number of hydrogen-bond acceptors (Lipinski definition) is 7. The zero-order valence-corrected chi connectivity index (χ0v) is 26.1. The van der Waals surface area contributed by atoms with Gasteiger partial charge in [-0.25, -0.2) is 0 Å². The van der Waals surface area contributed by atoms with Gasteiger partial charge >= 0.3 is 0 Å². The Morgan fingerprint density at radius 3 is 2.40 bits per heavy atom. The lowest BCUT2D eigenvalue weighted by Gasteiger charge is -2.52. The summed E-state index contributed by atoms with van der Waals surface area (Å²) in [5.74, 6) is -0.518. The van der Waals surface area contributed by atoms with Crippen LogP contribution < -0.4 is 10.6 Å². The number of likely N-dealkylation sites (tertiary alicyclic amines) is 2. The summed E-state index contributed by atoms with van der Waals surface area (Å²) in [5, 5.41) is 5.70. The van der Waals surface area contributed by atoms with E-state index >= 15 is 0 Å². The van der Waals surface area contributed by atoms with Crippen molar-refractivity contribution in [1.29, 1.82) is 0 Å². The van der Waals surface area contributed by atoms with Gasteiger partial charge < -0.3 is 20.4 Å². The molecule has 4 heterocycles. The van der Waals surface area contributed by atoms with Crippen LogP contribution >= 0.6 is 11.3 Å². The highest BCUT2D eigenvalue weighted by Gasteiger charge is 2.61. The molecule has 43 heavy (non-hydrogen) atoms. The Morgan fingerprint density at radius 2 is 1.74 bits per heavy atom. The standard InChI is InChI=1S/C32H42N6O4S/c1-31(2,21-12-13-21)30(42)38-17-32(18-38)16-37(29(41)25-14-34-19-43-25)15-22(32)27(39)36-26(28(40)33-3)24-11-7-10-23(35-24)20-8-5-4-6-9-20/h7,10-11,14,19-22,26H,4-6,8-9,12-13,15-18H2,1-3H3,(H,33,40)(H,36,39). The molecule has 2 saturated heterocycles. The molecule has 2 N–H and O–H groups in total. The quantitative estimate of drug-likeness (QED) is 0.474. The third-order valence-corrected chi connectivity index (χ3v) is 11.0. The summed E-state index contributed by atoms with van der Waals surface area (Å²) in [4.78, 5) is 67.1. The lowest BCUT2D eigenvalue weighted by Crippen LogP contribution is -2.66. The maximum absolute atomic E-state index is 14.1. The SMILES string of the molecule is CNC(=O)C(NC(=O)C1CN(C(=O)c2cncs2)CC12CN(C(=O)C(C)(C)C1CC1)C2)c1cccc(C2CCCCC2)n1. The first-order valence-electron chi connectivity index (χ1n) is 15.6. The number of thiazole rings is 1. The fraction of sp³-hybridized carbons (Fsp3) is 0.625. The Morgan fingerprint density at radius 1 is 1.02 bits per heavy atom. The van der Waals surface area contributed by atoms with Crippen LogP contribution in [0.4, 0.5) is 0 Å². The van der Waals surface area contributed by atoms with E-state index in [4.69, 9.17) is 4.98 Å². The zero-order chi connectivity index (χ0) is 30.4. The van der Waals surface area contributed by atoms with Crippen LogP contribution in [-0.4, -0.2) is 76.6 Å². The van der Waals surface area contributed by atoms with Crippen molar-refractivity contribution in [3.63, 3.8) is 0 Å². The fourth-order valence-corrected chi connectivity index (χ4v) is 8.03. The van der Waals surface area contributed by atoms with Gasteiger partial charge in [0.25, 0.3) is 5.91 Å². The molecule has 4 fully saturated rings. The molecule has 4 amide bonds. The van der Waals surface area contributed by atoms with Gasteiger partial charge in [-0.2, -0.15) is 0 Å². The van der Waals surface area contributed by atoms with Gasteiger partial charge in [0, 0.05) is 55.7 Å². The molecule has 4 aliphatic rings. The normalized spacial score (nSPS) is 22.6. The molecule has 2 aromatic heterocycles. The van der Waals surface area contributed by atoms with Gasteiger partial charge in [-0.05, 0) is 43.7 Å². The molecule has 2 atom stereocenters. The predicted molar refractivity (Wildman–Crippen MR) is 162 cm³/mol. The van der Waals surface area contributed by atoms with Crippen molar-refractivity contribution < 1.29 is 19.2 Å². The van der Waals surface area contributed by atoms with E-state index in [2.05, 4.69) is 15.6 Å². The molecule has 0 aromatic carbocycles. The first-order valence-corrected chi connectivity index (χ1v) is 16.5. The molecule has 0 bridgehead atoms. The van der Waals surface area contributed by atoms with E-state index in [1.807, 2.05) is 30.9 Å². The lowest BCUT2D eigenvalue weighted by molar-refractivity contribution is -0.158. The second kappa shape index (κ2) is 11.6. The van der Waals surface area contributed by atoms with Crippen LogP contribution in [0.15, 0.2) is 29.9 Å². The van der Waals surface area contributed by atoms with Gasteiger partial charge in [-0.3, -0.25) is 29.1 Å². The topological polar surface area (TPSA) is 125 Å². The third kappa shape index (κ3) is 5.68. The van der Waals surface area contributed by atoms with E-state index in [1.165, 1.54) is 30.6 Å². The third-order valence-electron chi connectivity index (χ3n) is 10.2. The number of carbonyl (C=O) groups excluding carboxylic acids is 4. The Balaban J connectivity index is 1.24. The van der Waals surface area contributed by atoms with E-state index in [0.717, 1.165) is 31.4 Å². The first-order chi connectivity index (χ1) is 20.6. The molecule has 2 unspecified atom stereocenters. The van der Waals surface area contributed by atoms with Crippen molar-refractivity contribution in [2.75, 3.05) is 33.2 Å². The van der Waals surface area contributed by atoms with Crippen LogP contribution in [0.25, 0.3) is 0 Å². The number of amides is 4.